The van der Waals surface area contributed by atoms with Gasteiger partial charge in [0.2, 0.25) is 0 Å². The highest BCUT2D eigenvalue weighted by molar-refractivity contribution is 14.1. The molecule has 70 valence electrons. The van der Waals surface area contributed by atoms with Crippen molar-refractivity contribution < 1.29 is 4.79 Å². The minimum Gasteiger partial charge on any atom is -0.295 e. The Kier molecular flexibility index (Phi) is 3.71. The van der Waals surface area contributed by atoms with Gasteiger partial charge in [0, 0.05) is 5.56 Å². The molecule has 0 spiro atoms. The zero-order valence-corrected chi connectivity index (χ0v) is 9.83. The zero-order chi connectivity index (χ0) is 9.84. The number of halogens is 1. The molecule has 0 bridgehead atoms. The average Bonchev–Trinajstić information content (AvgIpc) is 2.17. The molecule has 3 heteroatoms. The van der Waals surface area contributed by atoms with Crippen LogP contribution in [-0.4, -0.2) is 5.91 Å². The van der Waals surface area contributed by atoms with Crippen molar-refractivity contribution in [2.75, 3.05) is 0 Å². The number of nitrogens with one attached hydrogen (secondary N) is 1. The molecule has 0 saturated heterocycles. The number of rotatable bonds is 2. The van der Waals surface area contributed by atoms with E-state index >= 15 is 0 Å². The lowest BCUT2D eigenvalue weighted by Gasteiger charge is -2.05. The van der Waals surface area contributed by atoms with Crippen molar-refractivity contribution >= 4 is 28.8 Å². The molecule has 1 rings (SSSR count). The van der Waals surface area contributed by atoms with Crippen LogP contribution in [0.5, 0.6) is 0 Å². The van der Waals surface area contributed by atoms with Crippen LogP contribution in [0.3, 0.4) is 0 Å². The van der Waals surface area contributed by atoms with Crippen molar-refractivity contribution in [2.24, 2.45) is 0 Å². The molecule has 1 aromatic rings. The molecule has 0 radical (unpaired) electrons. The van der Waals surface area contributed by atoms with Crippen LogP contribution >= 0.6 is 22.9 Å². The Morgan fingerprint density at radius 1 is 1.31 bits per heavy atom. The van der Waals surface area contributed by atoms with Gasteiger partial charge in [-0.15, -0.1) is 0 Å². The normalized spacial score (nSPS) is 10.2. The highest BCUT2D eigenvalue weighted by atomic mass is 127. The average molecular weight is 289 g/mol. The molecule has 0 atom stereocenters. The quantitative estimate of drug-likeness (QED) is 0.658. The van der Waals surface area contributed by atoms with Crippen molar-refractivity contribution in [1.82, 2.24) is 3.53 Å². The monoisotopic (exact) mass is 289 g/mol. The Bertz CT molecular complexity index is 292. The van der Waals surface area contributed by atoms with Gasteiger partial charge in [0.1, 0.15) is 0 Å². The van der Waals surface area contributed by atoms with E-state index in [1.54, 1.807) is 0 Å². The second-order valence-corrected chi connectivity index (χ2v) is 3.74. The lowest BCUT2D eigenvalue weighted by Crippen LogP contribution is -2.11. The first-order valence-electron chi connectivity index (χ1n) is 4.16. The summed E-state index contributed by atoms with van der Waals surface area (Å²) in [5.41, 5.74) is 1.96. The molecule has 0 aliphatic carbocycles. The Balaban J connectivity index is 2.87. The highest BCUT2D eigenvalue weighted by Crippen LogP contribution is 2.14. The van der Waals surface area contributed by atoms with E-state index in [9.17, 15) is 4.79 Å². The molecule has 0 aliphatic rings. The Labute approximate surface area is 92.2 Å². The molecule has 2 nitrogen and oxygen atoms in total. The van der Waals surface area contributed by atoms with Crippen LogP contribution in [0, 0.1) is 0 Å². The van der Waals surface area contributed by atoms with E-state index in [-0.39, 0.29) is 5.91 Å². The smallest absolute Gasteiger partial charge is 0.259 e. The number of amides is 1. The first-order valence-corrected chi connectivity index (χ1v) is 5.24. The molecule has 1 amide bonds. The molecule has 13 heavy (non-hydrogen) atoms. The molecular weight excluding hydrogens is 277 g/mol. The van der Waals surface area contributed by atoms with E-state index in [0.29, 0.717) is 11.5 Å². The molecule has 0 aromatic heterocycles. The summed E-state index contributed by atoms with van der Waals surface area (Å²) in [6, 6.07) is 7.68. The maximum Gasteiger partial charge on any atom is 0.259 e. The molecule has 0 fully saturated rings. The standard InChI is InChI=1S/C10H12INO/c1-7(2)8-3-5-9(6-4-8)10(13)12-11/h3-7H,1-2H3,(H,12,13). The SMILES string of the molecule is CC(C)c1ccc(C(=O)NI)cc1. The molecular formula is C10H12INO. The van der Waals surface area contributed by atoms with Crippen molar-refractivity contribution in [2.45, 2.75) is 19.8 Å². The van der Waals surface area contributed by atoms with Crippen LogP contribution in [0.25, 0.3) is 0 Å². The summed E-state index contributed by atoms with van der Waals surface area (Å²) in [6.07, 6.45) is 0. The van der Waals surface area contributed by atoms with Crippen LogP contribution in [0.15, 0.2) is 24.3 Å². The second kappa shape index (κ2) is 4.60. The number of carbonyl (C=O) groups is 1. The van der Waals surface area contributed by atoms with E-state index in [1.165, 1.54) is 5.56 Å². The summed E-state index contributed by atoms with van der Waals surface area (Å²) in [6.45, 7) is 4.26. The molecule has 1 aromatic carbocycles. The summed E-state index contributed by atoms with van der Waals surface area (Å²) in [7, 11) is 0. The van der Waals surface area contributed by atoms with Gasteiger partial charge in [-0.1, -0.05) is 26.0 Å². The maximum absolute atomic E-state index is 11.2. The molecule has 1 N–H and O–H groups in total. The second-order valence-electron chi connectivity index (χ2n) is 3.20. The maximum atomic E-state index is 11.2. The van der Waals surface area contributed by atoms with Gasteiger partial charge in [0.15, 0.2) is 0 Å². The van der Waals surface area contributed by atoms with Crippen LogP contribution in [0.4, 0.5) is 0 Å². The Morgan fingerprint density at radius 3 is 2.23 bits per heavy atom. The van der Waals surface area contributed by atoms with Crippen molar-refractivity contribution in [3.63, 3.8) is 0 Å². The predicted molar refractivity (Wildman–Crippen MR) is 62.0 cm³/mol. The van der Waals surface area contributed by atoms with E-state index in [4.69, 9.17) is 0 Å². The van der Waals surface area contributed by atoms with Crippen LogP contribution in [0.2, 0.25) is 0 Å². The summed E-state index contributed by atoms with van der Waals surface area (Å²) in [5.74, 6) is 0.465. The minimum atomic E-state index is -0.0455. The number of hydrogen-bond acceptors (Lipinski definition) is 1. The van der Waals surface area contributed by atoms with Crippen molar-refractivity contribution in [3.8, 4) is 0 Å². The van der Waals surface area contributed by atoms with E-state index in [0.717, 1.165) is 0 Å². The largest absolute Gasteiger partial charge is 0.295 e. The van der Waals surface area contributed by atoms with E-state index in [2.05, 4.69) is 17.4 Å². The molecule has 0 heterocycles. The zero-order valence-electron chi connectivity index (χ0n) is 7.67. The third-order valence-electron chi connectivity index (χ3n) is 1.93. The number of benzene rings is 1. The summed E-state index contributed by atoms with van der Waals surface area (Å²) >= 11 is 1.84. The summed E-state index contributed by atoms with van der Waals surface area (Å²) < 4.78 is 2.56. The first kappa shape index (κ1) is 10.5. The van der Waals surface area contributed by atoms with Crippen molar-refractivity contribution in [3.05, 3.63) is 35.4 Å². The van der Waals surface area contributed by atoms with Gasteiger partial charge in [0.25, 0.3) is 5.91 Å². The fraction of sp³-hybridized carbons (Fsp3) is 0.300. The number of hydrogen-bond donors (Lipinski definition) is 1. The van der Waals surface area contributed by atoms with Gasteiger partial charge >= 0.3 is 0 Å². The van der Waals surface area contributed by atoms with Gasteiger partial charge in [-0.05, 0) is 23.6 Å². The molecule has 0 unspecified atom stereocenters. The van der Waals surface area contributed by atoms with Crippen LogP contribution in [0.1, 0.15) is 35.7 Å². The highest BCUT2D eigenvalue weighted by Gasteiger charge is 2.03. The summed E-state index contributed by atoms with van der Waals surface area (Å²) in [5, 5.41) is 0. The van der Waals surface area contributed by atoms with Gasteiger partial charge < -0.3 is 0 Å². The van der Waals surface area contributed by atoms with E-state index < -0.39 is 0 Å². The van der Waals surface area contributed by atoms with Crippen molar-refractivity contribution in [1.29, 1.82) is 0 Å². The van der Waals surface area contributed by atoms with Gasteiger partial charge in [-0.3, -0.25) is 8.32 Å². The molecule has 0 saturated carbocycles. The third-order valence-corrected chi connectivity index (χ3v) is 2.42. The Morgan fingerprint density at radius 2 is 1.85 bits per heavy atom. The summed E-state index contributed by atoms with van der Waals surface area (Å²) in [4.78, 5) is 11.2. The third kappa shape index (κ3) is 2.69. The van der Waals surface area contributed by atoms with E-state index in [1.807, 2.05) is 47.1 Å². The topological polar surface area (TPSA) is 29.1 Å². The minimum absolute atomic E-state index is 0.0455. The fourth-order valence-electron chi connectivity index (χ4n) is 1.07. The molecule has 0 aliphatic heterocycles. The lowest BCUT2D eigenvalue weighted by atomic mass is 10.0. The van der Waals surface area contributed by atoms with Crippen LogP contribution in [-0.2, 0) is 0 Å². The van der Waals surface area contributed by atoms with Gasteiger partial charge in [-0.25, -0.2) is 0 Å². The fourth-order valence-corrected chi connectivity index (χ4v) is 1.39. The van der Waals surface area contributed by atoms with Gasteiger partial charge in [-0.2, -0.15) is 0 Å². The Hall–Kier alpha value is -0.580. The number of carbonyl (C=O) groups excluding carboxylic acids is 1. The predicted octanol–water partition coefficient (Wildman–Crippen LogP) is 2.89. The van der Waals surface area contributed by atoms with Crippen LogP contribution < -0.4 is 3.53 Å². The lowest BCUT2D eigenvalue weighted by molar-refractivity contribution is 0.0989. The first-order chi connectivity index (χ1) is 6.15. The van der Waals surface area contributed by atoms with Gasteiger partial charge in [0.05, 0.1) is 22.9 Å².